The number of rotatable bonds is 2. The van der Waals surface area contributed by atoms with E-state index < -0.39 is 5.82 Å². The lowest BCUT2D eigenvalue weighted by molar-refractivity contribution is 0.635. The minimum Gasteiger partial charge on any atom is -0.295 e. The number of hydrogen-bond acceptors (Lipinski definition) is 2. The van der Waals surface area contributed by atoms with Crippen molar-refractivity contribution in [1.82, 2.24) is 14.5 Å². The number of benzene rings is 2. The van der Waals surface area contributed by atoms with Crippen molar-refractivity contribution in [2.75, 3.05) is 0 Å². The van der Waals surface area contributed by atoms with Crippen LogP contribution >= 0.6 is 34.8 Å². The van der Waals surface area contributed by atoms with Crippen molar-refractivity contribution in [1.29, 1.82) is 0 Å². The van der Waals surface area contributed by atoms with Crippen molar-refractivity contribution < 1.29 is 4.39 Å². The number of hydrogen-bond donors (Lipinski definition) is 0. The molecule has 0 aliphatic heterocycles. The summed E-state index contributed by atoms with van der Waals surface area (Å²) in [5.41, 5.74) is 3.72. The smallest absolute Gasteiger partial charge is 0.150 e. The van der Waals surface area contributed by atoms with Gasteiger partial charge in [-0.15, -0.1) is 0 Å². The topological polar surface area (TPSA) is 30.7 Å². The highest BCUT2D eigenvalue weighted by atomic mass is 35.5. The van der Waals surface area contributed by atoms with Gasteiger partial charge in [-0.05, 0) is 36.8 Å². The Morgan fingerprint density at radius 1 is 1.00 bits per heavy atom. The second-order valence-electron chi connectivity index (χ2n) is 5.85. The van der Waals surface area contributed by atoms with E-state index in [2.05, 4.69) is 9.97 Å². The Balaban J connectivity index is 2.04. The molecule has 26 heavy (non-hydrogen) atoms. The van der Waals surface area contributed by atoms with Gasteiger partial charge in [-0.2, -0.15) is 0 Å². The van der Waals surface area contributed by atoms with E-state index in [1.54, 1.807) is 22.9 Å². The summed E-state index contributed by atoms with van der Waals surface area (Å²) in [5, 5.41) is 1.09. The molecular weight excluding hydrogens is 396 g/mol. The van der Waals surface area contributed by atoms with Crippen LogP contribution in [0.15, 0.2) is 48.9 Å². The monoisotopic (exact) mass is 405 g/mol. The van der Waals surface area contributed by atoms with Gasteiger partial charge in [0, 0.05) is 27.4 Å². The van der Waals surface area contributed by atoms with Crippen LogP contribution in [0.2, 0.25) is 15.2 Å². The van der Waals surface area contributed by atoms with E-state index in [0.717, 1.165) is 5.56 Å². The first kappa shape index (κ1) is 17.3. The van der Waals surface area contributed by atoms with Crippen LogP contribution in [-0.4, -0.2) is 14.5 Å². The van der Waals surface area contributed by atoms with E-state index in [-0.39, 0.29) is 10.2 Å². The summed E-state index contributed by atoms with van der Waals surface area (Å²) in [6.07, 6.45) is 3.09. The van der Waals surface area contributed by atoms with Gasteiger partial charge in [0.2, 0.25) is 0 Å². The first-order valence-corrected chi connectivity index (χ1v) is 8.82. The Kier molecular flexibility index (Phi) is 4.35. The van der Waals surface area contributed by atoms with Crippen LogP contribution in [0.5, 0.6) is 0 Å². The Morgan fingerprint density at radius 2 is 1.81 bits per heavy atom. The van der Waals surface area contributed by atoms with Crippen molar-refractivity contribution in [2.24, 2.45) is 0 Å². The lowest BCUT2D eigenvalue weighted by Gasteiger charge is -2.14. The van der Waals surface area contributed by atoms with Crippen molar-refractivity contribution in [3.63, 3.8) is 0 Å². The summed E-state index contributed by atoms with van der Waals surface area (Å²) in [7, 11) is 0. The quantitative estimate of drug-likeness (QED) is 0.356. The number of nitrogens with zero attached hydrogens (tertiary/aromatic N) is 3. The molecule has 7 heteroatoms. The predicted octanol–water partition coefficient (Wildman–Crippen LogP) is 6.50. The Bertz CT molecular complexity index is 1150. The fourth-order valence-corrected chi connectivity index (χ4v) is 3.73. The van der Waals surface area contributed by atoms with Crippen molar-refractivity contribution >= 4 is 45.8 Å². The van der Waals surface area contributed by atoms with Gasteiger partial charge in [-0.25, -0.2) is 14.4 Å². The fraction of sp³-hybridized carbons (Fsp3) is 0.0526. The van der Waals surface area contributed by atoms with Crippen molar-refractivity contribution in [3.8, 4) is 16.8 Å². The van der Waals surface area contributed by atoms with Crippen LogP contribution in [0, 0.1) is 12.7 Å². The lowest BCUT2D eigenvalue weighted by atomic mass is 10.0. The summed E-state index contributed by atoms with van der Waals surface area (Å²) in [6, 6.07) is 10.3. The Morgan fingerprint density at radius 3 is 2.58 bits per heavy atom. The van der Waals surface area contributed by atoms with E-state index in [1.807, 2.05) is 25.1 Å². The second kappa shape index (κ2) is 6.54. The molecule has 2 heterocycles. The maximum Gasteiger partial charge on any atom is 0.150 e. The van der Waals surface area contributed by atoms with Crippen LogP contribution in [0.1, 0.15) is 5.56 Å². The molecule has 4 aromatic rings. The highest BCUT2D eigenvalue weighted by molar-refractivity contribution is 6.36. The molecule has 0 aliphatic rings. The van der Waals surface area contributed by atoms with E-state index in [1.165, 1.54) is 12.4 Å². The average Bonchev–Trinajstić information content (AvgIpc) is 2.99. The van der Waals surface area contributed by atoms with Gasteiger partial charge in [-0.1, -0.05) is 46.9 Å². The van der Waals surface area contributed by atoms with Crippen molar-refractivity contribution in [3.05, 3.63) is 75.5 Å². The molecule has 0 radical (unpaired) electrons. The fourth-order valence-electron chi connectivity index (χ4n) is 2.95. The summed E-state index contributed by atoms with van der Waals surface area (Å²) < 4.78 is 16.2. The molecule has 0 spiro atoms. The summed E-state index contributed by atoms with van der Waals surface area (Å²) in [6.45, 7) is 1.95. The standard InChI is InChI=1S/C19H11Cl3FN3/c1-10-2-3-12(13(21)6-10)17-16(4-5-24-19(17)22)26-9-25-15-8-11(20)7-14(23)18(15)26/h2-9H,1H3. The largest absolute Gasteiger partial charge is 0.295 e. The van der Waals surface area contributed by atoms with E-state index in [0.29, 0.717) is 32.9 Å². The van der Waals surface area contributed by atoms with E-state index in [4.69, 9.17) is 34.8 Å². The maximum absolute atomic E-state index is 14.6. The molecule has 130 valence electrons. The van der Waals surface area contributed by atoms with Crippen LogP contribution in [0.25, 0.3) is 27.8 Å². The molecule has 0 saturated heterocycles. The van der Waals surface area contributed by atoms with Gasteiger partial charge in [0.1, 0.15) is 17.0 Å². The average molecular weight is 407 g/mol. The zero-order valence-electron chi connectivity index (χ0n) is 13.5. The first-order valence-electron chi connectivity index (χ1n) is 7.69. The third kappa shape index (κ3) is 2.84. The second-order valence-corrected chi connectivity index (χ2v) is 7.05. The van der Waals surface area contributed by atoms with Gasteiger partial charge in [0.05, 0.1) is 11.2 Å². The van der Waals surface area contributed by atoms with Gasteiger partial charge >= 0.3 is 0 Å². The van der Waals surface area contributed by atoms with Crippen LogP contribution in [0.4, 0.5) is 4.39 Å². The molecule has 0 amide bonds. The predicted molar refractivity (Wildman–Crippen MR) is 104 cm³/mol. The molecule has 0 unspecified atom stereocenters. The van der Waals surface area contributed by atoms with Crippen LogP contribution in [-0.2, 0) is 0 Å². The molecule has 3 nitrogen and oxygen atoms in total. The van der Waals surface area contributed by atoms with Gasteiger partial charge < -0.3 is 0 Å². The summed E-state index contributed by atoms with van der Waals surface area (Å²) >= 11 is 18.8. The number of halogens is 4. The molecular formula is C19H11Cl3FN3. The number of pyridine rings is 1. The van der Waals surface area contributed by atoms with E-state index >= 15 is 0 Å². The minimum atomic E-state index is -0.473. The SMILES string of the molecule is Cc1ccc(-c2c(-n3cnc4cc(Cl)cc(F)c43)ccnc2Cl)c(Cl)c1. The van der Waals surface area contributed by atoms with Crippen molar-refractivity contribution in [2.45, 2.75) is 6.92 Å². The molecule has 0 aliphatic carbocycles. The molecule has 2 aromatic heterocycles. The maximum atomic E-state index is 14.6. The lowest BCUT2D eigenvalue weighted by Crippen LogP contribution is -1.99. The molecule has 0 saturated carbocycles. The molecule has 0 bridgehead atoms. The number of aryl methyl sites for hydroxylation is 1. The number of imidazole rings is 1. The number of aromatic nitrogens is 3. The molecule has 4 rings (SSSR count). The van der Waals surface area contributed by atoms with Gasteiger partial charge in [0.15, 0.2) is 5.82 Å². The molecule has 0 N–H and O–H groups in total. The first-order chi connectivity index (χ1) is 12.5. The third-order valence-electron chi connectivity index (χ3n) is 4.10. The highest BCUT2D eigenvalue weighted by Gasteiger charge is 2.19. The van der Waals surface area contributed by atoms with Crippen LogP contribution in [0.3, 0.4) is 0 Å². The minimum absolute atomic E-state index is 0.268. The molecule has 2 aromatic carbocycles. The molecule has 0 fully saturated rings. The Labute approximate surface area is 164 Å². The zero-order chi connectivity index (χ0) is 18.4. The number of fused-ring (bicyclic) bond motifs is 1. The Hall–Kier alpha value is -2.14. The van der Waals surface area contributed by atoms with Gasteiger partial charge in [0.25, 0.3) is 0 Å². The summed E-state index contributed by atoms with van der Waals surface area (Å²) in [5.74, 6) is -0.473. The highest BCUT2D eigenvalue weighted by Crippen LogP contribution is 2.38. The zero-order valence-corrected chi connectivity index (χ0v) is 15.7. The normalized spacial score (nSPS) is 11.3. The third-order valence-corrected chi connectivity index (χ3v) is 4.91. The van der Waals surface area contributed by atoms with E-state index in [9.17, 15) is 4.39 Å². The molecule has 0 atom stereocenters. The summed E-state index contributed by atoms with van der Waals surface area (Å²) in [4.78, 5) is 8.42. The van der Waals surface area contributed by atoms with Gasteiger partial charge in [-0.3, -0.25) is 4.57 Å². The van der Waals surface area contributed by atoms with Crippen LogP contribution < -0.4 is 0 Å².